The number of benzene rings is 1. The molecule has 0 saturated carbocycles. The molecule has 0 aliphatic rings. The maximum Gasteiger partial charge on any atom is 0.185 e. The number of aryl methyl sites for hydroxylation is 1. The molecule has 92 valence electrons. The Balaban J connectivity index is 2.14. The van der Waals surface area contributed by atoms with Gasteiger partial charge in [0.1, 0.15) is 11.5 Å². The van der Waals surface area contributed by atoms with E-state index in [4.69, 9.17) is 0 Å². The molecule has 0 radical (unpaired) electrons. The van der Waals surface area contributed by atoms with Crippen LogP contribution in [-0.2, 0) is 12.8 Å². The van der Waals surface area contributed by atoms with E-state index >= 15 is 0 Å². The standard InChI is InChI=1S/C15H14FNO/c1-2-13-4-3-5-14(17-13)15(18)10-11-6-8-12(16)9-7-11/h3-9H,2,10H2,1H3. The van der Waals surface area contributed by atoms with Crippen molar-refractivity contribution < 1.29 is 9.18 Å². The molecular weight excluding hydrogens is 229 g/mol. The molecule has 0 bridgehead atoms. The third-order valence-corrected chi connectivity index (χ3v) is 2.73. The molecule has 2 aromatic rings. The number of pyridine rings is 1. The highest BCUT2D eigenvalue weighted by atomic mass is 19.1. The number of halogens is 1. The van der Waals surface area contributed by atoms with E-state index in [9.17, 15) is 9.18 Å². The van der Waals surface area contributed by atoms with Gasteiger partial charge < -0.3 is 0 Å². The molecule has 1 aromatic heterocycles. The Morgan fingerprint density at radius 3 is 2.56 bits per heavy atom. The van der Waals surface area contributed by atoms with Crippen LogP contribution in [0.15, 0.2) is 42.5 Å². The largest absolute Gasteiger partial charge is 0.292 e. The second kappa shape index (κ2) is 5.54. The van der Waals surface area contributed by atoms with E-state index in [1.54, 1.807) is 18.2 Å². The molecule has 0 aliphatic heterocycles. The first-order valence-electron chi connectivity index (χ1n) is 5.92. The topological polar surface area (TPSA) is 30.0 Å². The van der Waals surface area contributed by atoms with E-state index in [1.165, 1.54) is 12.1 Å². The quantitative estimate of drug-likeness (QED) is 0.772. The Morgan fingerprint density at radius 2 is 1.89 bits per heavy atom. The molecule has 0 unspecified atom stereocenters. The van der Waals surface area contributed by atoms with Crippen LogP contribution in [-0.4, -0.2) is 10.8 Å². The molecule has 0 N–H and O–H groups in total. The lowest BCUT2D eigenvalue weighted by Crippen LogP contribution is -2.07. The number of hydrogen-bond donors (Lipinski definition) is 0. The van der Waals surface area contributed by atoms with Crippen molar-refractivity contribution in [2.24, 2.45) is 0 Å². The number of hydrogen-bond acceptors (Lipinski definition) is 2. The predicted molar refractivity (Wildman–Crippen MR) is 68.0 cm³/mol. The molecule has 1 aromatic carbocycles. The number of carbonyl (C=O) groups excluding carboxylic acids is 1. The first-order valence-corrected chi connectivity index (χ1v) is 5.92. The Morgan fingerprint density at radius 1 is 1.17 bits per heavy atom. The van der Waals surface area contributed by atoms with Crippen LogP contribution in [0.5, 0.6) is 0 Å². The first-order chi connectivity index (χ1) is 8.69. The van der Waals surface area contributed by atoms with Crippen LogP contribution in [0.2, 0.25) is 0 Å². The Kier molecular flexibility index (Phi) is 3.82. The van der Waals surface area contributed by atoms with Gasteiger partial charge in [0.25, 0.3) is 0 Å². The molecule has 0 fully saturated rings. The predicted octanol–water partition coefficient (Wildman–Crippen LogP) is 3.21. The summed E-state index contributed by atoms with van der Waals surface area (Å²) in [6, 6.07) is 11.4. The summed E-state index contributed by atoms with van der Waals surface area (Å²) in [5.41, 5.74) is 2.17. The van der Waals surface area contributed by atoms with Crippen LogP contribution in [0, 0.1) is 5.82 Å². The van der Waals surface area contributed by atoms with Crippen molar-refractivity contribution >= 4 is 5.78 Å². The fourth-order valence-electron chi connectivity index (χ4n) is 1.71. The van der Waals surface area contributed by atoms with Crippen molar-refractivity contribution in [3.63, 3.8) is 0 Å². The van der Waals surface area contributed by atoms with Crippen molar-refractivity contribution in [3.05, 3.63) is 65.2 Å². The zero-order valence-electron chi connectivity index (χ0n) is 10.2. The molecule has 0 saturated heterocycles. The molecular formula is C15H14FNO. The molecule has 18 heavy (non-hydrogen) atoms. The molecule has 0 spiro atoms. The van der Waals surface area contributed by atoms with Gasteiger partial charge in [-0.05, 0) is 36.2 Å². The normalized spacial score (nSPS) is 10.3. The van der Waals surface area contributed by atoms with Crippen molar-refractivity contribution in [2.75, 3.05) is 0 Å². The summed E-state index contributed by atoms with van der Waals surface area (Å²) in [6.45, 7) is 2.00. The van der Waals surface area contributed by atoms with E-state index in [0.29, 0.717) is 5.69 Å². The lowest BCUT2D eigenvalue weighted by molar-refractivity contribution is 0.0988. The van der Waals surface area contributed by atoms with E-state index < -0.39 is 0 Å². The minimum atomic E-state index is -0.294. The average molecular weight is 243 g/mol. The third kappa shape index (κ3) is 3.00. The van der Waals surface area contributed by atoms with E-state index in [0.717, 1.165) is 17.7 Å². The van der Waals surface area contributed by atoms with Crippen LogP contribution in [0.25, 0.3) is 0 Å². The highest BCUT2D eigenvalue weighted by Crippen LogP contribution is 2.08. The zero-order valence-corrected chi connectivity index (χ0v) is 10.2. The molecule has 3 heteroatoms. The van der Waals surface area contributed by atoms with Crippen molar-refractivity contribution in [2.45, 2.75) is 19.8 Å². The van der Waals surface area contributed by atoms with Gasteiger partial charge in [0.2, 0.25) is 0 Å². The van der Waals surface area contributed by atoms with Crippen LogP contribution in [0.4, 0.5) is 4.39 Å². The summed E-state index contributed by atoms with van der Waals surface area (Å²) in [5, 5.41) is 0. The molecule has 1 heterocycles. The first kappa shape index (κ1) is 12.4. The number of nitrogens with zero attached hydrogens (tertiary/aromatic N) is 1. The second-order valence-electron chi connectivity index (χ2n) is 4.09. The smallest absolute Gasteiger partial charge is 0.185 e. The summed E-state index contributed by atoms with van der Waals surface area (Å²) in [4.78, 5) is 16.3. The Labute approximate surface area is 105 Å². The van der Waals surface area contributed by atoms with Crippen LogP contribution < -0.4 is 0 Å². The van der Waals surface area contributed by atoms with Gasteiger partial charge in [0.15, 0.2) is 5.78 Å². The molecule has 0 aliphatic carbocycles. The van der Waals surface area contributed by atoms with Crippen molar-refractivity contribution in [3.8, 4) is 0 Å². The van der Waals surface area contributed by atoms with E-state index in [2.05, 4.69) is 4.98 Å². The minimum absolute atomic E-state index is 0.0445. The minimum Gasteiger partial charge on any atom is -0.292 e. The van der Waals surface area contributed by atoms with Gasteiger partial charge in [-0.3, -0.25) is 4.79 Å². The van der Waals surface area contributed by atoms with Crippen LogP contribution in [0.1, 0.15) is 28.7 Å². The summed E-state index contributed by atoms with van der Waals surface area (Å²) < 4.78 is 12.7. The lowest BCUT2D eigenvalue weighted by Gasteiger charge is -2.03. The van der Waals surface area contributed by atoms with Gasteiger partial charge in [-0.25, -0.2) is 9.37 Å². The van der Waals surface area contributed by atoms with Gasteiger partial charge in [-0.2, -0.15) is 0 Å². The average Bonchev–Trinajstić information content (AvgIpc) is 2.41. The molecule has 0 amide bonds. The Hall–Kier alpha value is -2.03. The van der Waals surface area contributed by atoms with Gasteiger partial charge in [0.05, 0.1) is 0 Å². The fourth-order valence-corrected chi connectivity index (χ4v) is 1.71. The summed E-state index contributed by atoms with van der Waals surface area (Å²) in [5.74, 6) is -0.339. The molecule has 2 nitrogen and oxygen atoms in total. The number of Topliss-reactive ketones (excluding diaryl/α,β-unsaturated/α-hetero) is 1. The molecule has 2 rings (SSSR count). The zero-order chi connectivity index (χ0) is 13.0. The van der Waals surface area contributed by atoms with E-state index in [-0.39, 0.29) is 18.0 Å². The van der Waals surface area contributed by atoms with Crippen molar-refractivity contribution in [1.29, 1.82) is 0 Å². The van der Waals surface area contributed by atoms with Gasteiger partial charge in [0, 0.05) is 12.1 Å². The number of ketones is 1. The van der Waals surface area contributed by atoms with Gasteiger partial charge >= 0.3 is 0 Å². The summed E-state index contributed by atoms with van der Waals surface area (Å²) in [7, 11) is 0. The van der Waals surface area contributed by atoms with Gasteiger partial charge in [-0.1, -0.05) is 25.1 Å². The number of carbonyl (C=O) groups is 1. The van der Waals surface area contributed by atoms with Crippen molar-refractivity contribution in [1.82, 2.24) is 4.98 Å². The lowest BCUT2D eigenvalue weighted by atomic mass is 10.1. The summed E-state index contributed by atoms with van der Waals surface area (Å²) in [6.07, 6.45) is 1.05. The second-order valence-corrected chi connectivity index (χ2v) is 4.09. The van der Waals surface area contributed by atoms with E-state index in [1.807, 2.05) is 19.1 Å². The maximum absolute atomic E-state index is 12.7. The highest BCUT2D eigenvalue weighted by Gasteiger charge is 2.09. The fraction of sp³-hybridized carbons (Fsp3) is 0.200. The maximum atomic E-state index is 12.7. The monoisotopic (exact) mass is 243 g/mol. The molecule has 0 atom stereocenters. The van der Waals surface area contributed by atoms with Gasteiger partial charge in [-0.15, -0.1) is 0 Å². The van der Waals surface area contributed by atoms with Crippen LogP contribution >= 0.6 is 0 Å². The summed E-state index contributed by atoms with van der Waals surface area (Å²) >= 11 is 0. The van der Waals surface area contributed by atoms with Crippen LogP contribution in [0.3, 0.4) is 0 Å². The third-order valence-electron chi connectivity index (χ3n) is 2.73. The highest BCUT2D eigenvalue weighted by molar-refractivity contribution is 5.95. The number of aromatic nitrogens is 1. The number of rotatable bonds is 4. The Bertz CT molecular complexity index is 549. The SMILES string of the molecule is CCc1cccc(C(=O)Cc2ccc(F)cc2)n1.